The molecule has 3 aromatic rings. The van der Waals surface area contributed by atoms with Crippen molar-refractivity contribution in [2.45, 2.75) is 4.90 Å². The minimum atomic E-state index is -4.14. The third kappa shape index (κ3) is 4.07. The number of nitro benzene ring substituents is 1. The van der Waals surface area contributed by atoms with Gasteiger partial charge in [0.1, 0.15) is 0 Å². The summed E-state index contributed by atoms with van der Waals surface area (Å²) in [5, 5.41) is 11.1. The average molecular weight is 414 g/mol. The van der Waals surface area contributed by atoms with E-state index in [9.17, 15) is 18.5 Å². The molecule has 1 N–H and O–H groups in total. The molecule has 0 saturated heterocycles. The molecule has 0 aliphatic carbocycles. The first-order valence-electron chi connectivity index (χ1n) is 7.26. The Bertz CT molecular complexity index is 1030. The van der Waals surface area contributed by atoms with Gasteiger partial charge in [0.05, 0.1) is 16.3 Å². The van der Waals surface area contributed by atoms with E-state index in [1.807, 2.05) is 0 Å². The molecule has 0 fully saturated rings. The zero-order valence-electron chi connectivity index (χ0n) is 13.2. The Hall–Kier alpha value is -2.77. The zero-order valence-corrected chi connectivity index (χ0v) is 15.0. The zero-order chi connectivity index (χ0) is 17.9. The Kier molecular flexibility index (Phi) is 6.07. The van der Waals surface area contributed by atoms with Gasteiger partial charge < -0.3 is 0 Å². The summed E-state index contributed by atoms with van der Waals surface area (Å²) < 4.78 is 27.8. The number of anilines is 1. The first-order valence-corrected chi connectivity index (χ1v) is 8.74. The van der Waals surface area contributed by atoms with Gasteiger partial charge in [-0.15, -0.1) is 0 Å². The second kappa shape index (κ2) is 8.07. The predicted molar refractivity (Wildman–Crippen MR) is 93.6 cm³/mol. The second-order valence-corrected chi connectivity index (χ2v) is 6.74. The summed E-state index contributed by atoms with van der Waals surface area (Å²) in [6, 6.07) is 17.2. The van der Waals surface area contributed by atoms with Gasteiger partial charge >= 0.3 is 16.5 Å². The van der Waals surface area contributed by atoms with E-state index in [0.717, 1.165) is 6.07 Å². The van der Waals surface area contributed by atoms with Crippen molar-refractivity contribution in [2.75, 3.05) is 4.72 Å². The van der Waals surface area contributed by atoms with Crippen molar-refractivity contribution in [3.05, 3.63) is 83.0 Å². The van der Waals surface area contributed by atoms with E-state index in [-0.39, 0.29) is 16.5 Å². The van der Waals surface area contributed by atoms with E-state index in [1.54, 1.807) is 48.7 Å². The Labute approximate surface area is 160 Å². The van der Waals surface area contributed by atoms with Gasteiger partial charge in [0.15, 0.2) is 4.90 Å². The van der Waals surface area contributed by atoms with Gasteiger partial charge in [-0.3, -0.25) is 19.8 Å². The fraction of sp³-hybridized carbons (Fsp3) is 0. The standard InChI is InChI=1S/C17H13N3O4S.Ni/c21-20(22)16-10-3-4-11-17(16)25(23,24)19-15-9-2-1-7-13(15)14-8-5-6-12-18-14;/h1-12,19H;/q;+2. The van der Waals surface area contributed by atoms with Crippen LogP contribution < -0.4 is 4.72 Å². The maximum absolute atomic E-state index is 12.7. The van der Waals surface area contributed by atoms with E-state index >= 15 is 0 Å². The van der Waals surface area contributed by atoms with E-state index in [2.05, 4.69) is 9.71 Å². The SMILES string of the molecule is O=[N+]([O-])c1ccccc1S(=O)(=O)Nc1ccccc1-c1ccccn1.[Ni+2]. The molecule has 0 atom stereocenters. The number of benzene rings is 2. The molecule has 9 heteroatoms. The van der Waals surface area contributed by atoms with Crippen LogP contribution in [-0.4, -0.2) is 18.3 Å². The predicted octanol–water partition coefficient (Wildman–Crippen LogP) is 3.46. The monoisotopic (exact) mass is 413 g/mol. The van der Waals surface area contributed by atoms with Crippen LogP contribution in [0.4, 0.5) is 11.4 Å². The average Bonchev–Trinajstić information content (AvgIpc) is 2.62. The van der Waals surface area contributed by atoms with Crippen LogP contribution in [0.3, 0.4) is 0 Å². The molecule has 0 spiro atoms. The van der Waals surface area contributed by atoms with Crippen LogP contribution in [0, 0.1) is 10.1 Å². The van der Waals surface area contributed by atoms with Crippen LogP contribution in [0.25, 0.3) is 11.3 Å². The number of nitro groups is 1. The van der Waals surface area contributed by atoms with Crippen molar-refractivity contribution in [3.8, 4) is 11.3 Å². The smallest absolute Gasteiger partial charge is 0.279 e. The van der Waals surface area contributed by atoms with Crippen molar-refractivity contribution in [1.82, 2.24) is 4.98 Å². The van der Waals surface area contributed by atoms with Crippen LogP contribution in [-0.2, 0) is 26.5 Å². The number of aromatic nitrogens is 1. The Morgan fingerprint density at radius 1 is 0.923 bits per heavy atom. The quantitative estimate of drug-likeness (QED) is 0.392. The van der Waals surface area contributed by atoms with Crippen LogP contribution in [0.1, 0.15) is 0 Å². The van der Waals surface area contributed by atoms with Gasteiger partial charge in [-0.2, -0.15) is 0 Å². The first-order chi connectivity index (χ1) is 12.0. The van der Waals surface area contributed by atoms with Gasteiger partial charge in [-0.05, 0) is 24.3 Å². The Balaban J connectivity index is 0.00000243. The fourth-order valence-corrected chi connectivity index (χ4v) is 3.61. The number of pyridine rings is 1. The normalized spacial score (nSPS) is 10.6. The van der Waals surface area contributed by atoms with Crippen LogP contribution in [0.15, 0.2) is 77.8 Å². The van der Waals surface area contributed by atoms with Crippen molar-refractivity contribution >= 4 is 21.4 Å². The summed E-state index contributed by atoms with van der Waals surface area (Å²) in [6.07, 6.45) is 1.60. The van der Waals surface area contributed by atoms with Gasteiger partial charge in [0.2, 0.25) is 0 Å². The molecule has 0 radical (unpaired) electrons. The van der Waals surface area contributed by atoms with Gasteiger partial charge in [-0.25, -0.2) is 8.42 Å². The second-order valence-electron chi connectivity index (χ2n) is 5.09. The number of hydrogen-bond acceptors (Lipinski definition) is 5. The number of sulfonamides is 1. The number of para-hydroxylation sites is 2. The number of nitrogens with zero attached hydrogens (tertiary/aromatic N) is 2. The molecule has 0 unspecified atom stereocenters. The summed E-state index contributed by atoms with van der Waals surface area (Å²) in [5.41, 5.74) is 0.971. The largest absolute Gasteiger partial charge is 2.00 e. The molecule has 2 aromatic carbocycles. The summed E-state index contributed by atoms with van der Waals surface area (Å²) in [5.74, 6) is 0. The van der Waals surface area contributed by atoms with E-state index < -0.39 is 25.5 Å². The van der Waals surface area contributed by atoms with Gasteiger partial charge in [0, 0.05) is 17.8 Å². The summed E-state index contributed by atoms with van der Waals surface area (Å²) in [6.45, 7) is 0. The molecule has 0 aliphatic rings. The minimum Gasteiger partial charge on any atom is -0.279 e. The van der Waals surface area contributed by atoms with Crippen LogP contribution >= 0.6 is 0 Å². The molecule has 26 heavy (non-hydrogen) atoms. The molecule has 7 nitrogen and oxygen atoms in total. The summed E-state index contributed by atoms with van der Waals surface area (Å²) in [4.78, 5) is 14.2. The molecule has 0 amide bonds. The van der Waals surface area contributed by atoms with Gasteiger partial charge in [0.25, 0.3) is 15.7 Å². The summed E-state index contributed by atoms with van der Waals surface area (Å²) >= 11 is 0. The van der Waals surface area contributed by atoms with E-state index in [0.29, 0.717) is 16.9 Å². The van der Waals surface area contributed by atoms with Crippen molar-refractivity contribution in [1.29, 1.82) is 0 Å². The number of rotatable bonds is 5. The topological polar surface area (TPSA) is 102 Å². The Morgan fingerprint density at radius 3 is 2.27 bits per heavy atom. The third-order valence-corrected chi connectivity index (χ3v) is 4.88. The van der Waals surface area contributed by atoms with Crippen LogP contribution in [0.5, 0.6) is 0 Å². The number of nitrogens with one attached hydrogen (secondary N) is 1. The molecule has 3 rings (SSSR count). The fourth-order valence-electron chi connectivity index (χ4n) is 2.35. The molecule has 1 aromatic heterocycles. The maximum atomic E-state index is 12.7. The molecular weight excluding hydrogens is 401 g/mol. The van der Waals surface area contributed by atoms with Crippen molar-refractivity contribution in [2.24, 2.45) is 0 Å². The minimum absolute atomic E-state index is 0. The van der Waals surface area contributed by atoms with Gasteiger partial charge in [-0.1, -0.05) is 36.4 Å². The molecule has 0 saturated carbocycles. The molecule has 0 aliphatic heterocycles. The van der Waals surface area contributed by atoms with E-state index in [1.165, 1.54) is 18.2 Å². The van der Waals surface area contributed by atoms with Crippen molar-refractivity contribution in [3.63, 3.8) is 0 Å². The first kappa shape index (κ1) is 19.6. The van der Waals surface area contributed by atoms with Crippen LogP contribution in [0.2, 0.25) is 0 Å². The molecule has 134 valence electrons. The van der Waals surface area contributed by atoms with Crippen molar-refractivity contribution < 1.29 is 29.8 Å². The molecule has 1 heterocycles. The third-order valence-electron chi connectivity index (χ3n) is 3.46. The molecular formula is C17H13N3NiO4S+2. The maximum Gasteiger partial charge on any atom is 2.00 e. The molecule has 0 bridgehead atoms. The Morgan fingerprint density at radius 2 is 1.58 bits per heavy atom. The summed E-state index contributed by atoms with van der Waals surface area (Å²) in [7, 11) is -4.14. The number of hydrogen-bond donors (Lipinski definition) is 1. The van der Waals surface area contributed by atoms with E-state index in [4.69, 9.17) is 0 Å².